The van der Waals surface area contributed by atoms with E-state index < -0.39 is 0 Å². The molecule has 3 heteroatoms. The highest BCUT2D eigenvalue weighted by atomic mass is 16.1. The SMILES string of the molecule is N#CCN(C=O)C1CCCC1. The summed E-state index contributed by atoms with van der Waals surface area (Å²) in [5, 5.41) is 8.38. The summed E-state index contributed by atoms with van der Waals surface area (Å²) >= 11 is 0. The number of hydrogen-bond acceptors (Lipinski definition) is 2. The molecule has 1 fully saturated rings. The fraction of sp³-hybridized carbons (Fsp3) is 0.750. The van der Waals surface area contributed by atoms with Gasteiger partial charge in [-0.1, -0.05) is 12.8 Å². The summed E-state index contributed by atoms with van der Waals surface area (Å²) in [5.41, 5.74) is 0. The van der Waals surface area contributed by atoms with E-state index in [2.05, 4.69) is 0 Å². The summed E-state index contributed by atoms with van der Waals surface area (Å²) in [6.45, 7) is 0.244. The highest BCUT2D eigenvalue weighted by Gasteiger charge is 2.20. The normalized spacial score (nSPS) is 17.7. The van der Waals surface area contributed by atoms with Crippen LogP contribution in [0, 0.1) is 11.3 Å². The molecule has 1 saturated carbocycles. The van der Waals surface area contributed by atoms with E-state index in [-0.39, 0.29) is 6.54 Å². The summed E-state index contributed by atoms with van der Waals surface area (Å²) in [7, 11) is 0. The van der Waals surface area contributed by atoms with E-state index in [1.165, 1.54) is 12.8 Å². The maximum Gasteiger partial charge on any atom is 0.210 e. The Hall–Kier alpha value is -1.04. The third-order valence-corrected chi connectivity index (χ3v) is 2.18. The molecule has 0 spiro atoms. The van der Waals surface area contributed by atoms with Gasteiger partial charge in [0.2, 0.25) is 6.41 Å². The van der Waals surface area contributed by atoms with Crippen LogP contribution in [0.4, 0.5) is 0 Å². The molecule has 0 saturated heterocycles. The van der Waals surface area contributed by atoms with Crippen molar-refractivity contribution in [2.75, 3.05) is 6.54 Å². The topological polar surface area (TPSA) is 44.1 Å². The Morgan fingerprint density at radius 2 is 2.18 bits per heavy atom. The minimum atomic E-state index is 0.244. The molecule has 1 amide bonds. The number of carbonyl (C=O) groups is 1. The third-order valence-electron chi connectivity index (χ3n) is 2.18. The average molecular weight is 152 g/mol. The van der Waals surface area contributed by atoms with Crippen LogP contribution in [0.2, 0.25) is 0 Å². The lowest BCUT2D eigenvalue weighted by atomic mass is 10.2. The molecule has 60 valence electrons. The number of nitriles is 1. The molecule has 0 radical (unpaired) electrons. The summed E-state index contributed by atoms with van der Waals surface area (Å²) in [6, 6.07) is 2.33. The number of amides is 1. The molecular weight excluding hydrogens is 140 g/mol. The van der Waals surface area contributed by atoms with Crippen LogP contribution in [0.25, 0.3) is 0 Å². The van der Waals surface area contributed by atoms with Crippen molar-refractivity contribution in [2.45, 2.75) is 31.7 Å². The zero-order chi connectivity index (χ0) is 8.10. The highest BCUT2D eigenvalue weighted by Crippen LogP contribution is 2.21. The van der Waals surface area contributed by atoms with Gasteiger partial charge in [-0.2, -0.15) is 5.26 Å². The van der Waals surface area contributed by atoms with Crippen molar-refractivity contribution in [3.05, 3.63) is 0 Å². The Labute approximate surface area is 66.6 Å². The molecule has 0 heterocycles. The predicted molar refractivity (Wildman–Crippen MR) is 40.6 cm³/mol. The summed E-state index contributed by atoms with van der Waals surface area (Å²) < 4.78 is 0. The van der Waals surface area contributed by atoms with Gasteiger partial charge < -0.3 is 4.90 Å². The number of rotatable bonds is 3. The molecule has 1 aliphatic carbocycles. The van der Waals surface area contributed by atoms with Gasteiger partial charge >= 0.3 is 0 Å². The third kappa shape index (κ3) is 1.94. The lowest BCUT2D eigenvalue weighted by Crippen LogP contribution is -2.32. The van der Waals surface area contributed by atoms with Crippen molar-refractivity contribution < 1.29 is 4.79 Å². The van der Waals surface area contributed by atoms with Crippen molar-refractivity contribution in [3.8, 4) is 6.07 Å². The first-order chi connectivity index (χ1) is 5.38. The second-order valence-electron chi connectivity index (χ2n) is 2.87. The van der Waals surface area contributed by atoms with Gasteiger partial charge in [0.05, 0.1) is 6.07 Å². The first-order valence-electron chi connectivity index (χ1n) is 3.96. The van der Waals surface area contributed by atoms with E-state index in [0.717, 1.165) is 19.3 Å². The summed E-state index contributed by atoms with van der Waals surface area (Å²) in [4.78, 5) is 12.1. The van der Waals surface area contributed by atoms with Crippen LogP contribution in [0.1, 0.15) is 25.7 Å². The maximum absolute atomic E-state index is 10.5. The Bertz CT molecular complexity index is 167. The van der Waals surface area contributed by atoms with Gasteiger partial charge in [0, 0.05) is 6.04 Å². The fourth-order valence-electron chi connectivity index (χ4n) is 1.57. The van der Waals surface area contributed by atoms with Crippen molar-refractivity contribution >= 4 is 6.41 Å². The molecule has 0 atom stereocenters. The van der Waals surface area contributed by atoms with Gasteiger partial charge in [-0.3, -0.25) is 4.79 Å². The van der Waals surface area contributed by atoms with Crippen LogP contribution in [0.5, 0.6) is 0 Å². The molecule has 0 unspecified atom stereocenters. The van der Waals surface area contributed by atoms with Crippen LogP contribution >= 0.6 is 0 Å². The predicted octanol–water partition coefficient (Wildman–Crippen LogP) is 0.911. The fourth-order valence-corrected chi connectivity index (χ4v) is 1.57. The second kappa shape index (κ2) is 3.97. The summed E-state index contributed by atoms with van der Waals surface area (Å²) in [6.07, 6.45) is 5.32. The lowest BCUT2D eigenvalue weighted by Gasteiger charge is -2.20. The molecule has 11 heavy (non-hydrogen) atoms. The van der Waals surface area contributed by atoms with E-state index in [1.54, 1.807) is 4.90 Å². The van der Waals surface area contributed by atoms with Crippen LogP contribution in [-0.4, -0.2) is 23.9 Å². The zero-order valence-corrected chi connectivity index (χ0v) is 6.49. The van der Waals surface area contributed by atoms with E-state index >= 15 is 0 Å². The highest BCUT2D eigenvalue weighted by molar-refractivity contribution is 5.48. The quantitative estimate of drug-likeness (QED) is 0.445. The van der Waals surface area contributed by atoms with Crippen molar-refractivity contribution in [1.82, 2.24) is 4.90 Å². The van der Waals surface area contributed by atoms with Crippen LogP contribution < -0.4 is 0 Å². The smallest absolute Gasteiger partial charge is 0.210 e. The van der Waals surface area contributed by atoms with E-state index in [1.807, 2.05) is 6.07 Å². The van der Waals surface area contributed by atoms with Gasteiger partial charge in [0.1, 0.15) is 6.54 Å². The standard InChI is InChI=1S/C8H12N2O/c9-5-6-10(7-11)8-3-1-2-4-8/h7-8H,1-4,6H2. The number of carbonyl (C=O) groups excluding carboxylic acids is 1. The van der Waals surface area contributed by atoms with E-state index in [0.29, 0.717) is 6.04 Å². The van der Waals surface area contributed by atoms with Crippen molar-refractivity contribution in [2.24, 2.45) is 0 Å². The molecule has 0 aromatic rings. The molecular formula is C8H12N2O. The van der Waals surface area contributed by atoms with Crippen molar-refractivity contribution in [3.63, 3.8) is 0 Å². The van der Waals surface area contributed by atoms with Crippen LogP contribution in [0.15, 0.2) is 0 Å². The minimum Gasteiger partial charge on any atom is -0.329 e. The Morgan fingerprint density at radius 1 is 1.55 bits per heavy atom. The Balaban J connectivity index is 2.41. The van der Waals surface area contributed by atoms with Gasteiger partial charge in [-0.15, -0.1) is 0 Å². The van der Waals surface area contributed by atoms with Crippen molar-refractivity contribution in [1.29, 1.82) is 5.26 Å². The van der Waals surface area contributed by atoms with Gasteiger partial charge in [-0.05, 0) is 12.8 Å². The maximum atomic E-state index is 10.5. The Kier molecular flexibility index (Phi) is 2.91. The van der Waals surface area contributed by atoms with Gasteiger partial charge in [-0.25, -0.2) is 0 Å². The molecule has 0 aromatic carbocycles. The zero-order valence-electron chi connectivity index (χ0n) is 6.49. The monoisotopic (exact) mass is 152 g/mol. The first-order valence-corrected chi connectivity index (χ1v) is 3.96. The van der Waals surface area contributed by atoms with Crippen LogP contribution in [-0.2, 0) is 4.79 Å². The second-order valence-corrected chi connectivity index (χ2v) is 2.87. The summed E-state index contributed by atoms with van der Waals surface area (Å²) in [5.74, 6) is 0. The molecule has 0 aromatic heterocycles. The van der Waals surface area contributed by atoms with Gasteiger partial charge in [0.25, 0.3) is 0 Å². The first kappa shape index (κ1) is 8.06. The number of nitrogens with zero attached hydrogens (tertiary/aromatic N) is 2. The van der Waals surface area contributed by atoms with E-state index in [4.69, 9.17) is 5.26 Å². The largest absolute Gasteiger partial charge is 0.329 e. The average Bonchev–Trinajstić information content (AvgIpc) is 2.52. The minimum absolute atomic E-state index is 0.244. The van der Waals surface area contributed by atoms with E-state index in [9.17, 15) is 4.79 Å². The number of hydrogen-bond donors (Lipinski definition) is 0. The molecule has 1 aliphatic rings. The van der Waals surface area contributed by atoms with Crippen LogP contribution in [0.3, 0.4) is 0 Å². The van der Waals surface area contributed by atoms with Gasteiger partial charge in [0.15, 0.2) is 0 Å². The molecule has 0 N–H and O–H groups in total. The molecule has 0 aliphatic heterocycles. The molecule has 3 nitrogen and oxygen atoms in total. The molecule has 0 bridgehead atoms. The Morgan fingerprint density at radius 3 is 2.64 bits per heavy atom. The lowest BCUT2D eigenvalue weighted by molar-refractivity contribution is -0.119. The molecule has 1 rings (SSSR count).